The summed E-state index contributed by atoms with van der Waals surface area (Å²) in [4.78, 5) is 76.9. The Kier molecular flexibility index (Phi) is 10.6. The zero-order chi connectivity index (χ0) is 30.9. The highest BCUT2D eigenvalue weighted by atomic mass is 32.2. The van der Waals surface area contributed by atoms with Crippen LogP contribution in [-0.2, 0) is 28.8 Å². The lowest BCUT2D eigenvalue weighted by Crippen LogP contribution is -1.95. The molecule has 0 aliphatic rings. The van der Waals surface area contributed by atoms with Gasteiger partial charge in [-0.1, -0.05) is 70.6 Å². The number of fused-ring (bicyclic) bond motifs is 6. The van der Waals surface area contributed by atoms with Crippen LogP contribution in [0.4, 0.5) is 0 Å². The van der Waals surface area contributed by atoms with Gasteiger partial charge in [-0.05, 0) is 68.7 Å². The summed E-state index contributed by atoms with van der Waals surface area (Å²) < 4.78 is 0. The van der Waals surface area contributed by atoms with E-state index in [1.165, 1.54) is 41.5 Å². The van der Waals surface area contributed by atoms with Gasteiger partial charge in [0.15, 0.2) is 30.7 Å². The van der Waals surface area contributed by atoms with Gasteiger partial charge in [0.25, 0.3) is 0 Å². The van der Waals surface area contributed by atoms with Crippen LogP contribution in [0, 0.1) is 0 Å². The van der Waals surface area contributed by atoms with Gasteiger partial charge in [-0.3, -0.25) is 28.8 Å². The molecule has 0 spiro atoms. The first-order valence-electron chi connectivity index (χ1n) is 12.4. The number of hydrogen-bond acceptors (Lipinski definition) is 12. The topological polar surface area (TPSA) is 102 Å². The highest BCUT2D eigenvalue weighted by Crippen LogP contribution is 2.47. The van der Waals surface area contributed by atoms with Crippen LogP contribution in [0.1, 0.15) is 41.5 Å². The van der Waals surface area contributed by atoms with E-state index in [2.05, 4.69) is 0 Å². The van der Waals surface area contributed by atoms with Crippen molar-refractivity contribution in [2.24, 2.45) is 0 Å². The number of rotatable bonds is 6. The molecule has 0 saturated carbocycles. The fourth-order valence-electron chi connectivity index (χ4n) is 4.42. The number of carbonyl (C=O) groups is 6. The van der Waals surface area contributed by atoms with E-state index in [4.69, 9.17) is 0 Å². The normalized spacial score (nSPS) is 11.3. The second kappa shape index (κ2) is 13.6. The van der Waals surface area contributed by atoms with Crippen LogP contribution in [-0.4, -0.2) is 30.7 Å². The molecule has 0 N–H and O–H groups in total. The Bertz CT molecular complexity index is 1490. The average Bonchev–Trinajstić information content (AvgIpc) is 2.84. The third kappa shape index (κ3) is 7.64. The molecule has 0 aliphatic carbocycles. The van der Waals surface area contributed by atoms with E-state index in [1.807, 2.05) is 36.4 Å². The molecule has 0 amide bonds. The highest BCUT2D eigenvalue weighted by Gasteiger charge is 2.21. The Morgan fingerprint density at radius 2 is 0.429 bits per heavy atom. The molecule has 0 saturated heterocycles. The number of benzene rings is 4. The number of thioether (sulfide) groups is 6. The van der Waals surface area contributed by atoms with E-state index < -0.39 is 0 Å². The van der Waals surface area contributed by atoms with E-state index in [-0.39, 0.29) is 30.7 Å². The summed E-state index contributed by atoms with van der Waals surface area (Å²) in [6.45, 7) is 8.76. The van der Waals surface area contributed by atoms with Crippen LogP contribution in [0.3, 0.4) is 0 Å². The fourth-order valence-corrected chi connectivity index (χ4v) is 9.05. The molecule has 0 aromatic heterocycles. The minimum Gasteiger partial charge on any atom is -0.287 e. The van der Waals surface area contributed by atoms with Crippen LogP contribution >= 0.6 is 70.6 Å². The van der Waals surface area contributed by atoms with Crippen molar-refractivity contribution in [1.82, 2.24) is 0 Å². The summed E-state index contributed by atoms with van der Waals surface area (Å²) in [7, 11) is 0. The van der Waals surface area contributed by atoms with Gasteiger partial charge in [0.05, 0.1) is 0 Å². The standard InChI is InChI=1S/C30H24O6S6/c1-13(31)37-25-7-19-20(8-26(25)38-14(2)32)22-10-28(40-16(4)34)30(42-18(6)36)12-24(22)23-11-29(41-17(5)35)27(9-21(19)23)39-15(3)33/h7-12H,1-6H3. The van der Waals surface area contributed by atoms with Crippen molar-refractivity contribution in [2.75, 3.05) is 0 Å². The van der Waals surface area contributed by atoms with Gasteiger partial charge in [-0.2, -0.15) is 0 Å². The van der Waals surface area contributed by atoms with Crippen LogP contribution in [0.15, 0.2) is 65.8 Å². The van der Waals surface area contributed by atoms with Gasteiger partial charge >= 0.3 is 0 Å². The van der Waals surface area contributed by atoms with Crippen molar-refractivity contribution in [3.05, 3.63) is 36.4 Å². The van der Waals surface area contributed by atoms with Crippen LogP contribution in [0.2, 0.25) is 0 Å². The van der Waals surface area contributed by atoms with E-state index >= 15 is 0 Å². The summed E-state index contributed by atoms with van der Waals surface area (Å²) >= 11 is 6.20. The lowest BCUT2D eigenvalue weighted by molar-refractivity contribution is -0.110. The minimum absolute atomic E-state index is 0.135. The maximum atomic E-state index is 12.2. The van der Waals surface area contributed by atoms with Gasteiger partial charge in [0.2, 0.25) is 0 Å². The Morgan fingerprint density at radius 1 is 0.310 bits per heavy atom. The van der Waals surface area contributed by atoms with Gasteiger partial charge in [0, 0.05) is 70.9 Å². The molecule has 6 nitrogen and oxygen atoms in total. The van der Waals surface area contributed by atoms with Crippen LogP contribution in [0.5, 0.6) is 0 Å². The predicted octanol–water partition coefficient (Wildman–Crippen LogP) is 8.98. The van der Waals surface area contributed by atoms with E-state index in [1.54, 1.807) is 0 Å². The highest BCUT2D eigenvalue weighted by molar-refractivity contribution is 8.17. The summed E-state index contributed by atoms with van der Waals surface area (Å²) in [6.07, 6.45) is 0. The first-order chi connectivity index (χ1) is 19.7. The molecule has 0 unspecified atom stereocenters. The molecule has 42 heavy (non-hydrogen) atoms. The molecular weight excluding hydrogens is 649 g/mol. The Hall–Kier alpha value is -2.22. The van der Waals surface area contributed by atoms with Crippen molar-refractivity contribution in [1.29, 1.82) is 0 Å². The lowest BCUT2D eigenvalue weighted by atomic mass is 9.94. The summed E-state index contributed by atoms with van der Waals surface area (Å²) in [5, 5.41) is 3.88. The summed E-state index contributed by atoms with van der Waals surface area (Å²) in [6, 6.07) is 11.3. The zero-order valence-corrected chi connectivity index (χ0v) is 28.3. The molecular formula is C30H24O6S6. The van der Waals surface area contributed by atoms with Gasteiger partial charge in [-0.25, -0.2) is 0 Å². The molecule has 0 aliphatic heterocycles. The first-order valence-corrected chi connectivity index (χ1v) is 17.3. The van der Waals surface area contributed by atoms with Gasteiger partial charge < -0.3 is 0 Å². The largest absolute Gasteiger partial charge is 0.287 e. The predicted molar refractivity (Wildman–Crippen MR) is 178 cm³/mol. The number of carbonyl (C=O) groups excluding carboxylic acids is 6. The Labute approximate surface area is 268 Å². The second-order valence-corrected chi connectivity index (χ2v) is 16.4. The molecule has 12 heteroatoms. The van der Waals surface area contributed by atoms with Gasteiger partial charge in [0.1, 0.15) is 0 Å². The third-order valence-corrected chi connectivity index (χ3v) is 11.1. The molecule has 0 radical (unpaired) electrons. The van der Waals surface area contributed by atoms with Crippen molar-refractivity contribution >= 4 is 134 Å². The molecule has 0 bridgehead atoms. The monoisotopic (exact) mass is 672 g/mol. The van der Waals surface area contributed by atoms with Gasteiger partial charge in [-0.15, -0.1) is 0 Å². The first kappa shape index (κ1) is 32.7. The molecule has 0 atom stereocenters. The van der Waals surface area contributed by atoms with Crippen LogP contribution in [0.25, 0.3) is 32.3 Å². The second-order valence-electron chi connectivity index (χ2n) is 9.10. The molecule has 4 aromatic rings. The summed E-state index contributed by atoms with van der Waals surface area (Å²) in [5.74, 6) is 0. The minimum atomic E-state index is -0.135. The quantitative estimate of drug-likeness (QED) is 0.144. The lowest BCUT2D eigenvalue weighted by Gasteiger charge is -2.18. The van der Waals surface area contributed by atoms with Crippen molar-refractivity contribution < 1.29 is 28.8 Å². The molecule has 4 aromatic carbocycles. The zero-order valence-electron chi connectivity index (χ0n) is 23.4. The van der Waals surface area contributed by atoms with Crippen molar-refractivity contribution in [2.45, 2.75) is 70.9 Å². The fraction of sp³-hybridized carbons (Fsp3) is 0.200. The van der Waals surface area contributed by atoms with E-state index in [0.717, 1.165) is 103 Å². The maximum absolute atomic E-state index is 12.2. The van der Waals surface area contributed by atoms with Crippen LogP contribution < -0.4 is 0 Å². The smallest absolute Gasteiger partial charge is 0.190 e. The molecule has 0 heterocycles. The Morgan fingerprint density at radius 3 is 0.524 bits per heavy atom. The van der Waals surface area contributed by atoms with E-state index in [0.29, 0.717) is 29.4 Å². The SMILES string of the molecule is CC(=O)Sc1cc2c3cc(SC(C)=O)c(SC(C)=O)cc3c3cc(SC(C)=O)c(SC(C)=O)cc3c2cc1SC(C)=O. The molecule has 216 valence electrons. The molecule has 0 fully saturated rings. The third-order valence-electron chi connectivity index (χ3n) is 5.64. The number of hydrogen-bond donors (Lipinski definition) is 0. The van der Waals surface area contributed by atoms with E-state index in [9.17, 15) is 28.8 Å². The average molecular weight is 673 g/mol. The van der Waals surface area contributed by atoms with Crippen molar-refractivity contribution in [3.63, 3.8) is 0 Å². The summed E-state index contributed by atoms with van der Waals surface area (Å²) in [5.41, 5.74) is 0. The molecule has 4 rings (SSSR count). The maximum Gasteiger partial charge on any atom is 0.190 e. The Balaban J connectivity index is 2.27. The van der Waals surface area contributed by atoms with Crippen molar-refractivity contribution in [3.8, 4) is 0 Å².